The van der Waals surface area contributed by atoms with Crippen LogP contribution in [0.4, 0.5) is 0 Å². The van der Waals surface area contributed by atoms with E-state index >= 15 is 0 Å². The second kappa shape index (κ2) is 7.46. The molecule has 1 aromatic carbocycles. The number of benzene rings is 1. The molecule has 0 spiro atoms. The smallest absolute Gasteiger partial charge is 0.237 e. The van der Waals surface area contributed by atoms with Gasteiger partial charge in [0, 0.05) is 6.54 Å². The molecule has 1 heterocycles. The van der Waals surface area contributed by atoms with Crippen LogP contribution in [0.1, 0.15) is 32.3 Å². The van der Waals surface area contributed by atoms with Crippen LogP contribution in [0.15, 0.2) is 24.3 Å². The van der Waals surface area contributed by atoms with Gasteiger partial charge in [-0.2, -0.15) is 0 Å². The molecule has 1 aliphatic heterocycles. The van der Waals surface area contributed by atoms with E-state index in [1.807, 2.05) is 31.2 Å². The lowest BCUT2D eigenvalue weighted by atomic mass is 9.98. The van der Waals surface area contributed by atoms with Crippen LogP contribution in [0.3, 0.4) is 0 Å². The normalized spacial score (nSPS) is 18.2. The van der Waals surface area contributed by atoms with E-state index in [1.54, 1.807) is 7.11 Å². The summed E-state index contributed by atoms with van der Waals surface area (Å²) < 4.78 is 5.13. The molecule has 1 saturated heterocycles. The van der Waals surface area contributed by atoms with Gasteiger partial charge in [0.2, 0.25) is 5.91 Å². The molecule has 2 rings (SSSR count). The minimum atomic E-state index is -0.0456. The molecule has 1 aliphatic rings. The van der Waals surface area contributed by atoms with Crippen LogP contribution in [0.5, 0.6) is 5.75 Å². The Morgan fingerprint density at radius 1 is 1.33 bits per heavy atom. The van der Waals surface area contributed by atoms with E-state index in [4.69, 9.17) is 4.74 Å². The number of hydrogen-bond donors (Lipinski definition) is 1. The highest BCUT2D eigenvalue weighted by Crippen LogP contribution is 2.18. The van der Waals surface area contributed by atoms with Crippen molar-refractivity contribution >= 4 is 5.91 Å². The van der Waals surface area contributed by atoms with E-state index in [-0.39, 0.29) is 11.9 Å². The molecule has 1 amide bonds. The fourth-order valence-corrected chi connectivity index (χ4v) is 2.66. The molecule has 21 heavy (non-hydrogen) atoms. The fourth-order valence-electron chi connectivity index (χ4n) is 2.66. The number of methoxy groups -OCH3 is 1. The highest BCUT2D eigenvalue weighted by atomic mass is 16.5. The van der Waals surface area contributed by atoms with Gasteiger partial charge in [-0.15, -0.1) is 0 Å². The Balaban J connectivity index is 1.80. The predicted octanol–water partition coefficient (Wildman–Crippen LogP) is 2.43. The zero-order valence-electron chi connectivity index (χ0n) is 13.3. The highest BCUT2D eigenvalue weighted by Gasteiger charge is 2.24. The second-order valence-corrected chi connectivity index (χ2v) is 5.96. The molecule has 4 nitrogen and oxygen atoms in total. The van der Waals surface area contributed by atoms with E-state index in [2.05, 4.69) is 17.1 Å². The number of carbonyl (C=O) groups is 1. The first kappa shape index (κ1) is 15.8. The van der Waals surface area contributed by atoms with Crippen molar-refractivity contribution < 1.29 is 9.53 Å². The quantitative estimate of drug-likeness (QED) is 0.905. The number of likely N-dealkylation sites (tertiary alicyclic amines) is 1. The summed E-state index contributed by atoms with van der Waals surface area (Å²) in [6.07, 6.45) is 2.38. The van der Waals surface area contributed by atoms with Gasteiger partial charge in [0.05, 0.1) is 13.2 Å². The molecular formula is C17H26N2O2. The summed E-state index contributed by atoms with van der Waals surface area (Å²) in [6.45, 7) is 6.90. The van der Waals surface area contributed by atoms with Crippen molar-refractivity contribution in [1.29, 1.82) is 0 Å². The molecule has 0 aromatic heterocycles. The third kappa shape index (κ3) is 4.46. The van der Waals surface area contributed by atoms with E-state index in [0.29, 0.717) is 6.54 Å². The molecule has 0 bridgehead atoms. The van der Waals surface area contributed by atoms with Gasteiger partial charge in [0.15, 0.2) is 0 Å². The minimum absolute atomic E-state index is 0.0456. The summed E-state index contributed by atoms with van der Waals surface area (Å²) in [4.78, 5) is 14.5. The lowest BCUT2D eigenvalue weighted by Gasteiger charge is -2.34. The maximum Gasteiger partial charge on any atom is 0.237 e. The maximum absolute atomic E-state index is 12.2. The van der Waals surface area contributed by atoms with Crippen molar-refractivity contribution in [3.63, 3.8) is 0 Å². The summed E-state index contributed by atoms with van der Waals surface area (Å²) in [5, 5.41) is 3.02. The molecular weight excluding hydrogens is 264 g/mol. The number of nitrogens with zero attached hydrogens (tertiary/aromatic N) is 1. The molecule has 116 valence electrons. The molecule has 1 aromatic rings. The fraction of sp³-hybridized carbons (Fsp3) is 0.588. The lowest BCUT2D eigenvalue weighted by molar-refractivity contribution is -0.126. The molecule has 1 fully saturated rings. The van der Waals surface area contributed by atoms with Gasteiger partial charge in [-0.3, -0.25) is 9.69 Å². The summed E-state index contributed by atoms with van der Waals surface area (Å²) in [6, 6.07) is 7.74. The van der Waals surface area contributed by atoms with Crippen LogP contribution in [-0.2, 0) is 11.3 Å². The van der Waals surface area contributed by atoms with Gasteiger partial charge >= 0.3 is 0 Å². The molecule has 1 atom stereocenters. The Morgan fingerprint density at radius 3 is 2.52 bits per heavy atom. The van der Waals surface area contributed by atoms with Gasteiger partial charge in [-0.05, 0) is 56.5 Å². The van der Waals surface area contributed by atoms with E-state index in [0.717, 1.165) is 30.3 Å². The molecule has 0 radical (unpaired) electrons. The largest absolute Gasteiger partial charge is 0.497 e. The topological polar surface area (TPSA) is 41.6 Å². The Morgan fingerprint density at radius 2 is 1.95 bits per heavy atom. The average molecular weight is 290 g/mol. The summed E-state index contributed by atoms with van der Waals surface area (Å²) in [5.41, 5.74) is 1.09. The Bertz CT molecular complexity index is 450. The summed E-state index contributed by atoms with van der Waals surface area (Å²) >= 11 is 0. The van der Waals surface area contributed by atoms with Crippen LogP contribution in [0.25, 0.3) is 0 Å². The van der Waals surface area contributed by atoms with Crippen LogP contribution < -0.4 is 10.1 Å². The van der Waals surface area contributed by atoms with Crippen molar-refractivity contribution in [2.45, 2.75) is 39.3 Å². The summed E-state index contributed by atoms with van der Waals surface area (Å²) in [7, 11) is 1.65. The first-order valence-electron chi connectivity index (χ1n) is 7.75. The summed E-state index contributed by atoms with van der Waals surface area (Å²) in [5.74, 6) is 1.73. The molecule has 0 saturated carbocycles. The third-order valence-corrected chi connectivity index (χ3v) is 4.37. The molecule has 0 aliphatic carbocycles. The van der Waals surface area contributed by atoms with Crippen LogP contribution >= 0.6 is 0 Å². The first-order valence-corrected chi connectivity index (χ1v) is 7.75. The van der Waals surface area contributed by atoms with Gasteiger partial charge in [-0.25, -0.2) is 0 Å². The minimum Gasteiger partial charge on any atom is -0.497 e. The Kier molecular flexibility index (Phi) is 5.62. The van der Waals surface area contributed by atoms with Crippen LogP contribution in [0.2, 0.25) is 0 Å². The van der Waals surface area contributed by atoms with Crippen molar-refractivity contribution in [2.75, 3.05) is 20.2 Å². The number of nitrogens with one attached hydrogen (secondary N) is 1. The van der Waals surface area contributed by atoms with Gasteiger partial charge in [0.1, 0.15) is 5.75 Å². The molecule has 1 unspecified atom stereocenters. The van der Waals surface area contributed by atoms with Crippen molar-refractivity contribution in [2.24, 2.45) is 5.92 Å². The SMILES string of the molecule is COc1ccc(CNC(=O)C(C)N2CCC(C)CC2)cc1. The maximum atomic E-state index is 12.2. The monoisotopic (exact) mass is 290 g/mol. The van der Waals surface area contributed by atoms with Gasteiger partial charge in [-0.1, -0.05) is 19.1 Å². The second-order valence-electron chi connectivity index (χ2n) is 5.96. The van der Waals surface area contributed by atoms with Gasteiger partial charge in [0.25, 0.3) is 0 Å². The number of rotatable bonds is 5. The molecule has 1 N–H and O–H groups in total. The number of hydrogen-bond acceptors (Lipinski definition) is 3. The van der Waals surface area contributed by atoms with E-state index in [1.165, 1.54) is 12.8 Å². The highest BCUT2D eigenvalue weighted by molar-refractivity contribution is 5.81. The van der Waals surface area contributed by atoms with Crippen molar-refractivity contribution in [3.8, 4) is 5.75 Å². The average Bonchev–Trinajstić information content (AvgIpc) is 2.53. The number of piperidine rings is 1. The zero-order chi connectivity index (χ0) is 15.2. The Hall–Kier alpha value is -1.55. The van der Waals surface area contributed by atoms with E-state index < -0.39 is 0 Å². The predicted molar refractivity (Wildman–Crippen MR) is 84.3 cm³/mol. The number of amides is 1. The van der Waals surface area contributed by atoms with E-state index in [9.17, 15) is 4.79 Å². The van der Waals surface area contributed by atoms with Crippen LogP contribution in [-0.4, -0.2) is 37.0 Å². The number of carbonyl (C=O) groups excluding carboxylic acids is 1. The zero-order valence-corrected chi connectivity index (χ0v) is 13.3. The lowest BCUT2D eigenvalue weighted by Crippen LogP contribution is -2.47. The van der Waals surface area contributed by atoms with Gasteiger partial charge < -0.3 is 10.1 Å². The first-order chi connectivity index (χ1) is 10.1. The molecule has 4 heteroatoms. The van der Waals surface area contributed by atoms with Crippen molar-refractivity contribution in [3.05, 3.63) is 29.8 Å². The number of ether oxygens (including phenoxy) is 1. The third-order valence-electron chi connectivity index (χ3n) is 4.37. The Labute approximate surface area is 127 Å². The standard InChI is InChI=1S/C17H26N2O2/c1-13-8-10-19(11-9-13)14(2)17(20)18-12-15-4-6-16(21-3)7-5-15/h4-7,13-14H,8-12H2,1-3H3,(H,18,20). The van der Waals surface area contributed by atoms with Crippen LogP contribution in [0, 0.1) is 5.92 Å². The van der Waals surface area contributed by atoms with Crippen molar-refractivity contribution in [1.82, 2.24) is 10.2 Å².